The molecule has 0 unspecified atom stereocenters. The Labute approximate surface area is 143 Å². The van der Waals surface area contributed by atoms with Crippen LogP contribution in [0.3, 0.4) is 0 Å². The van der Waals surface area contributed by atoms with E-state index in [9.17, 15) is 13.6 Å². The Balaban J connectivity index is 1.79. The lowest BCUT2D eigenvalue weighted by molar-refractivity contribution is -0.0498. The third kappa shape index (κ3) is 3.62. The topological polar surface area (TPSA) is 60.5 Å². The van der Waals surface area contributed by atoms with Crippen molar-refractivity contribution in [3.05, 3.63) is 34.5 Å². The second-order valence-electron chi connectivity index (χ2n) is 4.53. The Morgan fingerprint density at radius 3 is 2.96 bits per heavy atom. The number of amides is 1. The molecule has 0 spiro atoms. The maximum Gasteiger partial charge on any atom is 0.387 e. The number of rotatable bonds is 6. The molecule has 1 amide bonds. The zero-order valence-corrected chi connectivity index (χ0v) is 14.0. The fourth-order valence-corrected chi connectivity index (χ4v) is 3.63. The van der Waals surface area contributed by atoms with Crippen LogP contribution in [-0.4, -0.2) is 24.1 Å². The summed E-state index contributed by atoms with van der Waals surface area (Å²) < 4.78 is 35.3. The van der Waals surface area contributed by atoms with Crippen LogP contribution in [0.5, 0.6) is 11.5 Å². The van der Waals surface area contributed by atoms with Crippen molar-refractivity contribution in [2.75, 3.05) is 11.9 Å². The first-order valence-electron chi connectivity index (χ1n) is 6.94. The van der Waals surface area contributed by atoms with Crippen LogP contribution in [0.25, 0.3) is 10.2 Å². The van der Waals surface area contributed by atoms with Crippen LogP contribution in [0.15, 0.2) is 29.6 Å². The van der Waals surface area contributed by atoms with Crippen LogP contribution < -0.4 is 14.8 Å². The molecule has 0 aliphatic carbocycles. The third-order valence-corrected chi connectivity index (χ3v) is 4.77. The van der Waals surface area contributed by atoms with Crippen LogP contribution in [0.2, 0.25) is 0 Å². The standard InChI is InChI=1S/C15H12F2N2O3S2/c1-2-21-8-3-4-9-11(7-8)24-15(18-9)19-13(20)12-10(5-6-23-12)22-14(16)17/h3-7,14H,2H2,1H3,(H,18,19,20). The predicted molar refractivity (Wildman–Crippen MR) is 89.7 cm³/mol. The van der Waals surface area contributed by atoms with Crippen molar-refractivity contribution in [1.29, 1.82) is 0 Å². The lowest BCUT2D eigenvalue weighted by Gasteiger charge is -2.05. The SMILES string of the molecule is CCOc1ccc2nc(NC(=O)c3sccc3OC(F)F)sc2c1. The number of nitrogens with zero attached hydrogens (tertiary/aromatic N) is 1. The predicted octanol–water partition coefficient (Wildman–Crippen LogP) is 4.61. The van der Waals surface area contributed by atoms with Crippen molar-refractivity contribution in [1.82, 2.24) is 4.98 Å². The van der Waals surface area contributed by atoms with Crippen LogP contribution in [0.1, 0.15) is 16.6 Å². The molecule has 0 aliphatic heterocycles. The highest BCUT2D eigenvalue weighted by molar-refractivity contribution is 7.22. The number of nitrogens with one attached hydrogen (secondary N) is 1. The highest BCUT2D eigenvalue weighted by atomic mass is 32.1. The number of anilines is 1. The quantitative estimate of drug-likeness (QED) is 0.688. The Hall–Kier alpha value is -2.26. The van der Waals surface area contributed by atoms with E-state index in [1.807, 2.05) is 13.0 Å². The second-order valence-corrected chi connectivity index (χ2v) is 6.47. The smallest absolute Gasteiger partial charge is 0.387 e. The van der Waals surface area contributed by atoms with Gasteiger partial charge in [-0.05, 0) is 36.6 Å². The van der Waals surface area contributed by atoms with Crippen LogP contribution in [0, 0.1) is 0 Å². The largest absolute Gasteiger partial charge is 0.494 e. The number of hydrogen-bond donors (Lipinski definition) is 1. The molecule has 3 aromatic rings. The van der Waals surface area contributed by atoms with Gasteiger partial charge >= 0.3 is 6.61 Å². The highest BCUT2D eigenvalue weighted by Gasteiger charge is 2.19. The number of halogens is 2. The molecule has 0 atom stereocenters. The van der Waals surface area contributed by atoms with Gasteiger partial charge in [-0.15, -0.1) is 11.3 Å². The minimum atomic E-state index is -2.98. The van der Waals surface area contributed by atoms with E-state index in [4.69, 9.17) is 4.74 Å². The molecule has 126 valence electrons. The van der Waals surface area contributed by atoms with Gasteiger partial charge in [0.25, 0.3) is 5.91 Å². The van der Waals surface area contributed by atoms with E-state index in [0.717, 1.165) is 21.8 Å². The Morgan fingerprint density at radius 2 is 2.21 bits per heavy atom. The van der Waals surface area contributed by atoms with Crippen molar-refractivity contribution < 1.29 is 23.0 Å². The summed E-state index contributed by atoms with van der Waals surface area (Å²) in [7, 11) is 0. The van der Waals surface area contributed by atoms with Gasteiger partial charge in [0.1, 0.15) is 16.4 Å². The zero-order valence-electron chi connectivity index (χ0n) is 12.4. The second kappa shape index (κ2) is 7.10. The molecule has 5 nitrogen and oxygen atoms in total. The number of alkyl halides is 2. The van der Waals surface area contributed by atoms with Crippen molar-refractivity contribution in [3.63, 3.8) is 0 Å². The van der Waals surface area contributed by atoms with E-state index in [1.165, 1.54) is 22.8 Å². The summed E-state index contributed by atoms with van der Waals surface area (Å²) in [5, 5.41) is 4.50. The van der Waals surface area contributed by atoms with Gasteiger partial charge in [-0.1, -0.05) is 11.3 Å². The van der Waals surface area contributed by atoms with Gasteiger partial charge < -0.3 is 9.47 Å². The number of thiophene rings is 1. The third-order valence-electron chi connectivity index (χ3n) is 2.94. The van der Waals surface area contributed by atoms with Crippen molar-refractivity contribution in [3.8, 4) is 11.5 Å². The molecule has 0 saturated heterocycles. The molecule has 0 saturated carbocycles. The van der Waals surface area contributed by atoms with Gasteiger partial charge in [-0.2, -0.15) is 8.78 Å². The van der Waals surface area contributed by atoms with Gasteiger partial charge in [-0.25, -0.2) is 4.98 Å². The number of benzene rings is 1. The summed E-state index contributed by atoms with van der Waals surface area (Å²) in [5.41, 5.74) is 0.717. The normalized spacial score (nSPS) is 11.0. The molecule has 2 aromatic heterocycles. The molecule has 0 radical (unpaired) electrons. The van der Waals surface area contributed by atoms with E-state index < -0.39 is 12.5 Å². The van der Waals surface area contributed by atoms with Gasteiger partial charge in [0.15, 0.2) is 5.13 Å². The first-order chi connectivity index (χ1) is 11.6. The van der Waals surface area contributed by atoms with Crippen molar-refractivity contribution >= 4 is 43.9 Å². The Kier molecular flexibility index (Phi) is 4.91. The molecule has 0 aliphatic rings. The number of thiazole rings is 1. The van der Waals surface area contributed by atoms with Gasteiger partial charge in [0.05, 0.1) is 16.8 Å². The van der Waals surface area contributed by atoms with Gasteiger partial charge in [0.2, 0.25) is 0 Å². The van der Waals surface area contributed by atoms with Crippen LogP contribution in [0.4, 0.5) is 13.9 Å². The molecule has 1 N–H and O–H groups in total. The summed E-state index contributed by atoms with van der Waals surface area (Å²) in [4.78, 5) is 16.6. The first kappa shape index (κ1) is 16.6. The molecular formula is C15H12F2N2O3S2. The minimum absolute atomic E-state index is 0.0737. The maximum absolute atomic E-state index is 12.3. The number of hydrogen-bond acceptors (Lipinski definition) is 6. The number of aromatic nitrogens is 1. The number of fused-ring (bicyclic) bond motifs is 1. The Morgan fingerprint density at radius 1 is 1.38 bits per heavy atom. The fourth-order valence-electron chi connectivity index (χ4n) is 2.02. The number of ether oxygens (including phenoxy) is 2. The molecular weight excluding hydrogens is 358 g/mol. The van der Waals surface area contributed by atoms with E-state index >= 15 is 0 Å². The average Bonchev–Trinajstić information content (AvgIpc) is 3.12. The molecule has 24 heavy (non-hydrogen) atoms. The lowest BCUT2D eigenvalue weighted by atomic mass is 10.3. The molecule has 2 heterocycles. The fraction of sp³-hybridized carbons (Fsp3) is 0.200. The summed E-state index contributed by atoms with van der Waals surface area (Å²) >= 11 is 2.30. The van der Waals surface area contributed by atoms with E-state index in [-0.39, 0.29) is 10.6 Å². The van der Waals surface area contributed by atoms with Crippen LogP contribution in [-0.2, 0) is 0 Å². The monoisotopic (exact) mass is 370 g/mol. The Bertz CT molecular complexity index is 863. The van der Waals surface area contributed by atoms with E-state index in [0.29, 0.717) is 17.3 Å². The molecule has 3 rings (SSSR count). The van der Waals surface area contributed by atoms with Crippen LogP contribution >= 0.6 is 22.7 Å². The summed E-state index contributed by atoms with van der Waals surface area (Å²) in [6, 6.07) is 6.76. The summed E-state index contributed by atoms with van der Waals surface area (Å²) in [6.07, 6.45) is 0. The summed E-state index contributed by atoms with van der Waals surface area (Å²) in [5.74, 6) is 0.0365. The van der Waals surface area contributed by atoms with E-state index in [1.54, 1.807) is 12.1 Å². The zero-order chi connectivity index (χ0) is 17.1. The van der Waals surface area contributed by atoms with Crippen molar-refractivity contribution in [2.24, 2.45) is 0 Å². The van der Waals surface area contributed by atoms with Crippen molar-refractivity contribution in [2.45, 2.75) is 13.5 Å². The molecule has 0 bridgehead atoms. The molecule has 9 heteroatoms. The minimum Gasteiger partial charge on any atom is -0.494 e. The number of carbonyl (C=O) groups is 1. The van der Waals surface area contributed by atoms with Gasteiger partial charge in [0, 0.05) is 0 Å². The molecule has 0 fully saturated rings. The highest BCUT2D eigenvalue weighted by Crippen LogP contribution is 2.31. The number of carbonyl (C=O) groups excluding carboxylic acids is 1. The van der Waals surface area contributed by atoms with Gasteiger partial charge in [-0.3, -0.25) is 10.1 Å². The molecule has 1 aromatic carbocycles. The van der Waals surface area contributed by atoms with E-state index in [2.05, 4.69) is 15.0 Å². The first-order valence-corrected chi connectivity index (χ1v) is 8.63. The lowest BCUT2D eigenvalue weighted by Crippen LogP contribution is -2.12. The average molecular weight is 370 g/mol. The maximum atomic E-state index is 12.3. The summed E-state index contributed by atoms with van der Waals surface area (Å²) in [6.45, 7) is -0.535.